The molecule has 28 heavy (non-hydrogen) atoms. The van der Waals surface area contributed by atoms with Crippen molar-refractivity contribution in [3.8, 4) is 0 Å². The highest BCUT2D eigenvalue weighted by atomic mass is 32.2. The van der Waals surface area contributed by atoms with Crippen LogP contribution in [0.4, 0.5) is 0 Å². The lowest BCUT2D eigenvalue weighted by Crippen LogP contribution is -2.06. The lowest BCUT2D eigenvalue weighted by Gasteiger charge is -2.10. The fraction of sp³-hybridized carbons (Fsp3) is 1.00. The summed E-state index contributed by atoms with van der Waals surface area (Å²) in [6.45, 7) is 2.27. The molecule has 0 aliphatic heterocycles. The van der Waals surface area contributed by atoms with Crippen LogP contribution >= 0.6 is 0 Å². The summed E-state index contributed by atoms with van der Waals surface area (Å²) >= 11 is 0. The molecule has 0 aromatic heterocycles. The van der Waals surface area contributed by atoms with Gasteiger partial charge in [-0.25, -0.2) is 0 Å². The van der Waals surface area contributed by atoms with Crippen molar-refractivity contribution < 1.29 is 18.1 Å². The van der Waals surface area contributed by atoms with Gasteiger partial charge in [0.05, 0.1) is 11.9 Å². The fourth-order valence-electron chi connectivity index (χ4n) is 3.74. The lowest BCUT2D eigenvalue weighted by molar-refractivity contribution is 0.147. The zero-order valence-electron chi connectivity index (χ0n) is 18.5. The second-order valence-electron chi connectivity index (χ2n) is 8.53. The Balaban J connectivity index is 3.20. The van der Waals surface area contributed by atoms with E-state index in [0.29, 0.717) is 6.42 Å². The molecular formula is C23H48O4S. The molecule has 170 valence electrons. The highest BCUT2D eigenvalue weighted by Gasteiger charge is 2.05. The van der Waals surface area contributed by atoms with E-state index in [4.69, 9.17) is 4.55 Å². The van der Waals surface area contributed by atoms with Crippen LogP contribution in [0.15, 0.2) is 0 Å². The molecule has 0 bridgehead atoms. The molecule has 0 saturated carbocycles. The normalized spacial score (nSPS) is 13.1. The number of unbranched alkanes of at least 4 members (excludes halogenated alkanes) is 16. The Morgan fingerprint density at radius 3 is 1.25 bits per heavy atom. The third kappa shape index (κ3) is 23.9. The minimum Gasteiger partial charge on any atom is -0.393 e. The zero-order valence-corrected chi connectivity index (χ0v) is 19.4. The van der Waals surface area contributed by atoms with Gasteiger partial charge in [-0.1, -0.05) is 116 Å². The predicted octanol–water partition coefficient (Wildman–Crippen LogP) is 7.06. The van der Waals surface area contributed by atoms with Crippen LogP contribution in [0.2, 0.25) is 0 Å². The summed E-state index contributed by atoms with van der Waals surface area (Å²) in [7, 11) is -3.80. The number of aliphatic hydroxyl groups is 1. The van der Waals surface area contributed by atoms with Crippen molar-refractivity contribution in [3.05, 3.63) is 0 Å². The van der Waals surface area contributed by atoms with E-state index in [0.717, 1.165) is 44.9 Å². The Bertz CT molecular complexity index is 409. The second-order valence-corrected chi connectivity index (χ2v) is 10.1. The summed E-state index contributed by atoms with van der Waals surface area (Å²) in [6, 6.07) is 0. The minimum absolute atomic E-state index is 0.130. The molecule has 1 atom stereocenters. The maximum Gasteiger partial charge on any atom is 0.264 e. The maximum absolute atomic E-state index is 10.6. The Hall–Kier alpha value is -0.130. The van der Waals surface area contributed by atoms with Crippen molar-refractivity contribution in [1.82, 2.24) is 0 Å². The van der Waals surface area contributed by atoms with Crippen molar-refractivity contribution in [2.24, 2.45) is 0 Å². The summed E-state index contributed by atoms with van der Waals surface area (Å²) in [5, 5.41) is 10.0. The first kappa shape index (κ1) is 27.9. The first-order valence-electron chi connectivity index (χ1n) is 12.1. The third-order valence-corrected chi connectivity index (χ3v) is 6.39. The van der Waals surface area contributed by atoms with Crippen molar-refractivity contribution in [2.75, 3.05) is 5.75 Å². The Labute approximate surface area is 175 Å². The number of hydrogen-bond acceptors (Lipinski definition) is 3. The van der Waals surface area contributed by atoms with E-state index in [1.165, 1.54) is 77.0 Å². The first-order chi connectivity index (χ1) is 13.5. The molecule has 5 heteroatoms. The van der Waals surface area contributed by atoms with E-state index >= 15 is 0 Å². The van der Waals surface area contributed by atoms with Crippen molar-refractivity contribution in [2.45, 2.75) is 141 Å². The van der Waals surface area contributed by atoms with Gasteiger partial charge < -0.3 is 5.11 Å². The zero-order chi connectivity index (χ0) is 20.9. The van der Waals surface area contributed by atoms with Gasteiger partial charge in [0.2, 0.25) is 0 Å². The Morgan fingerprint density at radius 1 is 0.571 bits per heavy atom. The quantitative estimate of drug-likeness (QED) is 0.145. The van der Waals surface area contributed by atoms with Crippen molar-refractivity contribution >= 4 is 10.1 Å². The van der Waals surface area contributed by atoms with Gasteiger partial charge in [-0.05, 0) is 19.3 Å². The van der Waals surface area contributed by atoms with Crippen molar-refractivity contribution in [1.29, 1.82) is 0 Å². The van der Waals surface area contributed by atoms with Crippen LogP contribution in [-0.2, 0) is 10.1 Å². The van der Waals surface area contributed by atoms with Crippen LogP contribution < -0.4 is 0 Å². The molecular weight excluding hydrogens is 372 g/mol. The summed E-state index contributed by atoms with van der Waals surface area (Å²) in [5.41, 5.74) is 0. The second kappa shape index (κ2) is 20.2. The molecule has 0 heterocycles. The summed E-state index contributed by atoms with van der Waals surface area (Å²) in [4.78, 5) is 0. The van der Waals surface area contributed by atoms with E-state index in [2.05, 4.69) is 6.92 Å². The number of rotatable bonds is 22. The van der Waals surface area contributed by atoms with Crippen LogP contribution in [-0.4, -0.2) is 29.9 Å². The Morgan fingerprint density at radius 2 is 0.893 bits per heavy atom. The van der Waals surface area contributed by atoms with Gasteiger partial charge in [-0.3, -0.25) is 4.55 Å². The average Bonchev–Trinajstić information content (AvgIpc) is 2.64. The third-order valence-electron chi connectivity index (χ3n) is 5.58. The molecule has 0 aliphatic carbocycles. The van der Waals surface area contributed by atoms with Gasteiger partial charge in [0.25, 0.3) is 10.1 Å². The van der Waals surface area contributed by atoms with Gasteiger partial charge in [0, 0.05) is 0 Å². The maximum atomic E-state index is 10.6. The van der Waals surface area contributed by atoms with E-state index in [9.17, 15) is 13.5 Å². The standard InChI is InChI=1S/C23H48O4S/c1-2-3-4-5-6-7-8-9-10-11-12-14-17-20-23(24)21-18-15-13-16-19-22-28(25,26)27/h23-24H,2-22H2,1H3,(H,25,26,27). The van der Waals surface area contributed by atoms with Crippen molar-refractivity contribution in [3.63, 3.8) is 0 Å². The van der Waals surface area contributed by atoms with E-state index in [-0.39, 0.29) is 11.9 Å². The highest BCUT2D eigenvalue weighted by Crippen LogP contribution is 2.15. The highest BCUT2D eigenvalue weighted by molar-refractivity contribution is 7.85. The number of hydrogen-bond donors (Lipinski definition) is 2. The smallest absolute Gasteiger partial charge is 0.264 e. The average molecular weight is 421 g/mol. The molecule has 0 aliphatic rings. The molecule has 0 radical (unpaired) electrons. The van der Waals surface area contributed by atoms with Crippen LogP contribution in [0.5, 0.6) is 0 Å². The van der Waals surface area contributed by atoms with Gasteiger partial charge >= 0.3 is 0 Å². The summed E-state index contributed by atoms with van der Waals surface area (Å²) in [6.07, 6.45) is 23.5. The molecule has 0 spiro atoms. The molecule has 0 amide bonds. The van der Waals surface area contributed by atoms with E-state index in [1.807, 2.05) is 0 Å². The molecule has 0 aromatic rings. The molecule has 2 N–H and O–H groups in total. The lowest BCUT2D eigenvalue weighted by atomic mass is 10.0. The van der Waals surface area contributed by atoms with Crippen LogP contribution in [0, 0.1) is 0 Å². The topological polar surface area (TPSA) is 74.6 Å². The molecule has 4 nitrogen and oxygen atoms in total. The number of aliphatic hydroxyl groups excluding tert-OH is 1. The van der Waals surface area contributed by atoms with Gasteiger partial charge in [-0.2, -0.15) is 8.42 Å². The first-order valence-corrected chi connectivity index (χ1v) is 13.7. The van der Waals surface area contributed by atoms with Crippen LogP contribution in [0.3, 0.4) is 0 Å². The van der Waals surface area contributed by atoms with E-state index in [1.54, 1.807) is 0 Å². The predicted molar refractivity (Wildman–Crippen MR) is 120 cm³/mol. The minimum atomic E-state index is -3.80. The van der Waals surface area contributed by atoms with Crippen LogP contribution in [0.25, 0.3) is 0 Å². The fourth-order valence-corrected chi connectivity index (χ4v) is 4.31. The molecule has 0 rings (SSSR count). The summed E-state index contributed by atoms with van der Waals surface area (Å²) in [5.74, 6) is -0.130. The molecule has 0 saturated heterocycles. The largest absolute Gasteiger partial charge is 0.393 e. The Kier molecular flexibility index (Phi) is 20.1. The monoisotopic (exact) mass is 420 g/mol. The summed E-state index contributed by atoms with van der Waals surface area (Å²) < 4.78 is 29.8. The molecule has 0 aromatic carbocycles. The molecule has 0 fully saturated rings. The van der Waals surface area contributed by atoms with Gasteiger partial charge in [-0.15, -0.1) is 0 Å². The van der Waals surface area contributed by atoms with Crippen LogP contribution in [0.1, 0.15) is 135 Å². The van der Waals surface area contributed by atoms with E-state index < -0.39 is 10.1 Å². The SMILES string of the molecule is CCCCCCCCCCCCCCCC(O)CCCCCCCS(=O)(=O)O. The molecule has 1 unspecified atom stereocenters. The van der Waals surface area contributed by atoms with Gasteiger partial charge in [0.15, 0.2) is 0 Å². The van der Waals surface area contributed by atoms with Gasteiger partial charge in [0.1, 0.15) is 0 Å².